The molecule has 0 aliphatic carbocycles. The molecule has 0 saturated heterocycles. The Hall–Kier alpha value is -6.01. The van der Waals surface area contributed by atoms with Crippen LogP contribution in [0.1, 0.15) is 213 Å². The van der Waals surface area contributed by atoms with E-state index in [1.54, 1.807) is 6.08 Å². The monoisotopic (exact) mass is 1080 g/mol. The van der Waals surface area contributed by atoms with Crippen LogP contribution in [0.2, 0.25) is 0 Å². The van der Waals surface area contributed by atoms with E-state index in [0.29, 0.717) is 12.8 Å². The summed E-state index contributed by atoms with van der Waals surface area (Å²) in [4.78, 5) is 38.2. The van der Waals surface area contributed by atoms with Gasteiger partial charge in [0.1, 0.15) is 13.2 Å². The van der Waals surface area contributed by atoms with Crippen molar-refractivity contribution in [2.45, 2.75) is 219 Å². The molecule has 0 aliphatic rings. The van der Waals surface area contributed by atoms with Gasteiger partial charge >= 0.3 is 17.9 Å². The molecule has 0 fully saturated rings. The van der Waals surface area contributed by atoms with Crippen molar-refractivity contribution in [3.8, 4) is 0 Å². The highest BCUT2D eigenvalue weighted by atomic mass is 16.6. The van der Waals surface area contributed by atoms with Crippen molar-refractivity contribution in [3.63, 3.8) is 0 Å². The normalized spacial score (nSPS) is 13.6. The summed E-state index contributed by atoms with van der Waals surface area (Å²) in [5.41, 5.74) is 0. The van der Waals surface area contributed by atoms with Crippen LogP contribution >= 0.6 is 0 Å². The van der Waals surface area contributed by atoms with Gasteiger partial charge in [-0.25, -0.2) is 0 Å². The zero-order valence-electron chi connectivity index (χ0n) is 49.8. The Morgan fingerprint density at radius 2 is 0.519 bits per heavy atom. The molecule has 6 heteroatoms. The fourth-order valence-corrected chi connectivity index (χ4v) is 7.35. The number of allylic oxidation sites excluding steroid dienone is 33. The summed E-state index contributed by atoms with van der Waals surface area (Å²) in [7, 11) is 0. The number of hydrogen-bond acceptors (Lipinski definition) is 6. The van der Waals surface area contributed by atoms with Gasteiger partial charge in [-0.3, -0.25) is 14.4 Å². The van der Waals surface area contributed by atoms with Gasteiger partial charge in [0.05, 0.1) is 6.42 Å². The Morgan fingerprint density at radius 3 is 0.861 bits per heavy atom. The minimum atomic E-state index is -0.861. The summed E-state index contributed by atoms with van der Waals surface area (Å²) in [5.74, 6) is -1.16. The van der Waals surface area contributed by atoms with E-state index in [1.165, 1.54) is 19.3 Å². The lowest BCUT2D eigenvalue weighted by Gasteiger charge is -2.18. The van der Waals surface area contributed by atoms with Crippen LogP contribution in [0, 0.1) is 0 Å². The molecule has 0 aromatic heterocycles. The molecule has 0 aliphatic heterocycles. The van der Waals surface area contributed by atoms with Crippen molar-refractivity contribution in [2.24, 2.45) is 0 Å². The molecule has 0 saturated carbocycles. The SMILES string of the molecule is CC/C=C\C/C=C\C/C=C\C/C=C\C/C=C\C/C=C\C/C=C\C/C=C\C/C=C\CCCC(=O)OCC(COC(=O)C/C=C\C/C=C\C/C=C\C/C=C\C/C=C\CC)OC(=O)CCCCCCCCC/C=C\C/C=C\C/C=C\CC. The van der Waals surface area contributed by atoms with E-state index in [2.05, 4.69) is 215 Å². The highest BCUT2D eigenvalue weighted by Crippen LogP contribution is 2.12. The quantitative estimate of drug-likeness (QED) is 0.0261. The number of rotatable bonds is 52. The van der Waals surface area contributed by atoms with Crippen molar-refractivity contribution >= 4 is 17.9 Å². The highest BCUT2D eigenvalue weighted by Gasteiger charge is 2.19. The number of carbonyl (C=O) groups excluding carboxylic acids is 3. The van der Waals surface area contributed by atoms with Crippen molar-refractivity contribution in [1.29, 1.82) is 0 Å². The third-order valence-electron chi connectivity index (χ3n) is 11.8. The first-order valence-electron chi connectivity index (χ1n) is 30.6. The second-order valence-electron chi connectivity index (χ2n) is 19.1. The van der Waals surface area contributed by atoms with Gasteiger partial charge in [0.15, 0.2) is 6.10 Å². The number of hydrogen-bond donors (Lipinski definition) is 0. The molecule has 436 valence electrons. The maximum Gasteiger partial charge on any atom is 0.309 e. The smallest absolute Gasteiger partial charge is 0.309 e. The van der Waals surface area contributed by atoms with Crippen molar-refractivity contribution in [1.82, 2.24) is 0 Å². The van der Waals surface area contributed by atoms with Gasteiger partial charge in [-0.05, 0) is 141 Å². The first-order valence-corrected chi connectivity index (χ1v) is 30.6. The second-order valence-corrected chi connectivity index (χ2v) is 19.1. The predicted octanol–water partition coefficient (Wildman–Crippen LogP) is 21.2. The van der Waals surface area contributed by atoms with Gasteiger partial charge in [-0.15, -0.1) is 0 Å². The first kappa shape index (κ1) is 73.0. The maximum absolute atomic E-state index is 12.9. The molecule has 1 atom stereocenters. The molecule has 6 nitrogen and oxygen atoms in total. The summed E-state index contributed by atoms with van der Waals surface area (Å²) in [5, 5.41) is 0. The second kappa shape index (κ2) is 64.5. The zero-order valence-corrected chi connectivity index (χ0v) is 49.8. The van der Waals surface area contributed by atoms with Crippen LogP contribution < -0.4 is 0 Å². The Bertz CT molecular complexity index is 1960. The third kappa shape index (κ3) is 62.7. The largest absolute Gasteiger partial charge is 0.462 e. The van der Waals surface area contributed by atoms with Crippen molar-refractivity contribution in [2.75, 3.05) is 13.2 Å². The van der Waals surface area contributed by atoms with Gasteiger partial charge in [-0.1, -0.05) is 259 Å². The fraction of sp³-hybridized carbons (Fsp3) is 0.493. The number of unbranched alkanes of at least 4 members (excludes halogenated alkanes) is 8. The highest BCUT2D eigenvalue weighted by molar-refractivity contribution is 5.72. The van der Waals surface area contributed by atoms with E-state index < -0.39 is 12.1 Å². The van der Waals surface area contributed by atoms with Crippen LogP contribution in [0.25, 0.3) is 0 Å². The Kier molecular flexibility index (Phi) is 59.6. The minimum Gasteiger partial charge on any atom is -0.462 e. The average Bonchev–Trinajstić information content (AvgIpc) is 3.45. The molecular weight excluding hydrogens is 973 g/mol. The van der Waals surface area contributed by atoms with Crippen LogP contribution in [0.3, 0.4) is 0 Å². The van der Waals surface area contributed by atoms with Gasteiger partial charge < -0.3 is 14.2 Å². The number of carbonyl (C=O) groups is 3. The third-order valence-corrected chi connectivity index (χ3v) is 11.8. The van der Waals surface area contributed by atoms with Crippen LogP contribution in [-0.2, 0) is 28.6 Å². The van der Waals surface area contributed by atoms with Crippen LogP contribution in [-0.4, -0.2) is 37.2 Å². The van der Waals surface area contributed by atoms with Crippen molar-refractivity contribution < 1.29 is 28.6 Å². The standard InChI is InChI=1S/C73H108O6/c1-4-7-10-13-16-19-22-25-28-30-31-32-33-34-35-36-37-38-39-40-41-43-45-48-51-54-57-60-63-66-72(75)78-69-70(68-77-71(74)65-62-59-56-53-50-47-44-27-24-21-18-15-12-9-6-3)79-73(76)67-64-61-58-55-52-49-46-42-29-26-23-20-17-14-11-8-5-2/h7-12,16-21,25-29,31-32,34-35,37-38,40-41,44-45,48,50,53-54,57,59,62,70H,4-6,13-15,22-24,30,33,36,39,42-43,46-47,49,51-52,55-56,58,60-61,63-69H2,1-3H3/b10-7-,11-8-,12-9-,19-16-,20-17-,21-18-,28-25-,29-26-,32-31-,35-34-,38-37-,41-40-,44-27-,48-45-,53-50-,57-54-,62-59-. The Labute approximate surface area is 483 Å². The molecule has 0 aromatic carbocycles. The predicted molar refractivity (Wildman–Crippen MR) is 343 cm³/mol. The lowest BCUT2D eigenvalue weighted by atomic mass is 10.1. The maximum atomic E-state index is 12.9. The molecule has 0 N–H and O–H groups in total. The lowest BCUT2D eigenvalue weighted by Crippen LogP contribution is -2.30. The number of ether oxygens (including phenoxy) is 3. The van der Waals surface area contributed by atoms with Crippen LogP contribution in [0.5, 0.6) is 0 Å². The van der Waals surface area contributed by atoms with E-state index in [1.807, 2.05) is 6.08 Å². The molecule has 0 bridgehead atoms. The zero-order chi connectivity index (χ0) is 57.1. The van der Waals surface area contributed by atoms with Gasteiger partial charge in [0, 0.05) is 12.8 Å². The van der Waals surface area contributed by atoms with Gasteiger partial charge in [0.25, 0.3) is 0 Å². The van der Waals surface area contributed by atoms with E-state index in [0.717, 1.165) is 141 Å². The molecule has 79 heavy (non-hydrogen) atoms. The Balaban J connectivity index is 4.58. The van der Waals surface area contributed by atoms with Crippen molar-refractivity contribution in [3.05, 3.63) is 207 Å². The van der Waals surface area contributed by atoms with Crippen LogP contribution in [0.4, 0.5) is 0 Å². The topological polar surface area (TPSA) is 78.9 Å². The first-order chi connectivity index (χ1) is 39.0. The minimum absolute atomic E-state index is 0.103. The number of esters is 3. The Morgan fingerprint density at radius 1 is 0.266 bits per heavy atom. The molecule has 0 rings (SSSR count). The summed E-state index contributed by atoms with van der Waals surface area (Å²) >= 11 is 0. The summed E-state index contributed by atoms with van der Waals surface area (Å²) in [6.45, 7) is 6.13. The van der Waals surface area contributed by atoms with Crippen LogP contribution in [0.15, 0.2) is 207 Å². The van der Waals surface area contributed by atoms with Gasteiger partial charge in [-0.2, -0.15) is 0 Å². The van der Waals surface area contributed by atoms with E-state index >= 15 is 0 Å². The molecular formula is C73H108O6. The molecule has 0 amide bonds. The van der Waals surface area contributed by atoms with E-state index in [9.17, 15) is 14.4 Å². The van der Waals surface area contributed by atoms with E-state index in [4.69, 9.17) is 14.2 Å². The summed E-state index contributed by atoms with van der Waals surface area (Å²) in [6.07, 6.45) is 100.0. The van der Waals surface area contributed by atoms with Gasteiger partial charge in [0.2, 0.25) is 0 Å². The average molecular weight is 1080 g/mol. The molecule has 1 unspecified atom stereocenters. The molecule has 0 aromatic rings. The fourth-order valence-electron chi connectivity index (χ4n) is 7.35. The molecule has 0 spiro atoms. The summed E-state index contributed by atoms with van der Waals surface area (Å²) in [6, 6.07) is 0. The molecule has 0 radical (unpaired) electrons. The lowest BCUT2D eigenvalue weighted by molar-refractivity contribution is -0.166. The summed E-state index contributed by atoms with van der Waals surface area (Å²) < 4.78 is 16.7. The molecule has 0 heterocycles. The van der Waals surface area contributed by atoms with E-state index in [-0.39, 0.29) is 44.4 Å².